The molecule has 2 heterocycles. The number of anilines is 1. The summed E-state index contributed by atoms with van der Waals surface area (Å²) in [6.45, 7) is 2.43. The molecule has 1 saturated carbocycles. The van der Waals surface area contributed by atoms with E-state index in [9.17, 15) is 9.90 Å². The third-order valence-electron chi connectivity index (χ3n) is 8.08. The van der Waals surface area contributed by atoms with Crippen molar-refractivity contribution >= 4 is 11.7 Å². The first kappa shape index (κ1) is 24.7. The molecule has 3 aliphatic rings. The van der Waals surface area contributed by atoms with Crippen LogP contribution in [0.25, 0.3) is 0 Å². The Hall–Kier alpha value is -3.01. The molecule has 2 aliphatic heterocycles. The number of nitrogens with one attached hydrogen (secondary N) is 1. The molecule has 3 fully saturated rings. The molecule has 36 heavy (non-hydrogen) atoms. The standard InChI is InChI=1S/C30H37N3O3/c1-36-28-11-5-4-10-25(28)31-30(35)32-18-6-7-19-33-26(20-32)29(27(33)21-34)24-16-14-23(15-17-24)13-12-22-8-2-3-9-22/h4-5,10-11,14-17,22,26-27,29,34H,2-3,6-9,18-21H2,1H3,(H,31,35)/t26-,27-,29-/m1/s1. The van der Waals surface area contributed by atoms with Crippen LogP contribution in [0.4, 0.5) is 10.5 Å². The second-order valence-corrected chi connectivity index (χ2v) is 10.2. The normalized spacial score (nSPS) is 24.5. The fourth-order valence-corrected chi connectivity index (χ4v) is 6.11. The van der Waals surface area contributed by atoms with Crippen LogP contribution >= 0.6 is 0 Å². The number of amides is 2. The number of ether oxygens (including phenoxy) is 1. The zero-order valence-corrected chi connectivity index (χ0v) is 21.2. The second kappa shape index (κ2) is 11.4. The van der Waals surface area contributed by atoms with Crippen molar-refractivity contribution in [2.75, 3.05) is 38.7 Å². The van der Waals surface area contributed by atoms with Gasteiger partial charge >= 0.3 is 6.03 Å². The number of fused-ring (bicyclic) bond motifs is 1. The highest BCUT2D eigenvalue weighted by molar-refractivity contribution is 5.91. The Kier molecular flexibility index (Phi) is 7.79. The topological polar surface area (TPSA) is 65.0 Å². The number of nitrogens with zero attached hydrogens (tertiary/aromatic N) is 2. The Balaban J connectivity index is 1.31. The Morgan fingerprint density at radius 2 is 1.81 bits per heavy atom. The number of aliphatic hydroxyl groups is 1. The van der Waals surface area contributed by atoms with Gasteiger partial charge in [-0.3, -0.25) is 4.90 Å². The SMILES string of the molecule is COc1ccccc1NC(=O)N1CCCCN2[C@H](CO)[C@H](c3ccc(C#CC4CCCC4)cc3)[C@H]2C1. The van der Waals surface area contributed by atoms with Crippen LogP contribution in [0.3, 0.4) is 0 Å². The van der Waals surface area contributed by atoms with Crippen LogP contribution in [-0.2, 0) is 0 Å². The van der Waals surface area contributed by atoms with Crippen molar-refractivity contribution in [2.45, 2.75) is 56.5 Å². The minimum atomic E-state index is -0.106. The average Bonchev–Trinajstić information content (AvgIpc) is 3.41. The maximum atomic E-state index is 13.3. The number of carbonyl (C=O) groups excluding carboxylic acids is 1. The van der Waals surface area contributed by atoms with Crippen LogP contribution in [0, 0.1) is 17.8 Å². The van der Waals surface area contributed by atoms with Crippen LogP contribution in [0.5, 0.6) is 5.75 Å². The van der Waals surface area contributed by atoms with Gasteiger partial charge in [0.2, 0.25) is 0 Å². The zero-order valence-electron chi connectivity index (χ0n) is 21.2. The van der Waals surface area contributed by atoms with Gasteiger partial charge < -0.3 is 20.1 Å². The predicted octanol–water partition coefficient (Wildman–Crippen LogP) is 4.69. The number of methoxy groups -OCH3 is 1. The third kappa shape index (κ3) is 5.23. The molecule has 190 valence electrons. The number of urea groups is 1. The van der Waals surface area contributed by atoms with E-state index in [1.54, 1.807) is 7.11 Å². The van der Waals surface area contributed by atoms with E-state index < -0.39 is 0 Å². The van der Waals surface area contributed by atoms with E-state index in [2.05, 4.69) is 46.3 Å². The zero-order chi connectivity index (χ0) is 24.9. The fraction of sp³-hybridized carbons (Fsp3) is 0.500. The van der Waals surface area contributed by atoms with Gasteiger partial charge in [0.15, 0.2) is 0 Å². The van der Waals surface area contributed by atoms with Crippen molar-refractivity contribution in [1.82, 2.24) is 9.80 Å². The van der Waals surface area contributed by atoms with Gasteiger partial charge in [0.05, 0.1) is 19.4 Å². The Morgan fingerprint density at radius 3 is 2.56 bits per heavy atom. The lowest BCUT2D eigenvalue weighted by Gasteiger charge is -2.57. The maximum absolute atomic E-state index is 13.3. The van der Waals surface area contributed by atoms with Gasteiger partial charge in [-0.15, -0.1) is 0 Å². The number of para-hydroxylation sites is 2. The summed E-state index contributed by atoms with van der Waals surface area (Å²) in [6.07, 6.45) is 7.00. The molecular formula is C30H37N3O3. The van der Waals surface area contributed by atoms with E-state index >= 15 is 0 Å². The van der Waals surface area contributed by atoms with Crippen molar-refractivity contribution in [2.24, 2.45) is 5.92 Å². The van der Waals surface area contributed by atoms with Crippen LogP contribution in [0.1, 0.15) is 55.6 Å². The molecule has 2 amide bonds. The average molecular weight is 488 g/mol. The first-order chi connectivity index (χ1) is 17.7. The molecule has 2 saturated heterocycles. The summed E-state index contributed by atoms with van der Waals surface area (Å²) in [5.74, 6) is 8.19. The highest BCUT2D eigenvalue weighted by atomic mass is 16.5. The largest absolute Gasteiger partial charge is 0.495 e. The molecule has 0 spiro atoms. The minimum Gasteiger partial charge on any atom is -0.495 e. The monoisotopic (exact) mass is 487 g/mol. The summed E-state index contributed by atoms with van der Waals surface area (Å²) in [4.78, 5) is 17.6. The van der Waals surface area contributed by atoms with Crippen molar-refractivity contribution in [3.8, 4) is 17.6 Å². The molecule has 0 aromatic heterocycles. The Bertz CT molecular complexity index is 1100. The van der Waals surface area contributed by atoms with Crippen molar-refractivity contribution in [3.05, 3.63) is 59.7 Å². The number of benzene rings is 2. The molecule has 1 aliphatic carbocycles. The van der Waals surface area contributed by atoms with E-state index in [0.717, 1.165) is 31.5 Å². The molecule has 0 unspecified atom stereocenters. The molecule has 0 bridgehead atoms. The quantitative estimate of drug-likeness (QED) is 0.614. The lowest BCUT2D eigenvalue weighted by molar-refractivity contribution is -0.0585. The van der Waals surface area contributed by atoms with Gasteiger partial charge in [-0.05, 0) is 62.1 Å². The summed E-state index contributed by atoms with van der Waals surface area (Å²) < 4.78 is 5.41. The van der Waals surface area contributed by atoms with Crippen molar-refractivity contribution < 1.29 is 14.6 Å². The van der Waals surface area contributed by atoms with E-state index in [-0.39, 0.29) is 30.6 Å². The summed E-state index contributed by atoms with van der Waals surface area (Å²) in [5, 5.41) is 13.3. The van der Waals surface area contributed by atoms with Gasteiger partial charge in [-0.1, -0.05) is 48.9 Å². The van der Waals surface area contributed by atoms with Crippen molar-refractivity contribution in [1.29, 1.82) is 0 Å². The molecular weight excluding hydrogens is 450 g/mol. The highest BCUT2D eigenvalue weighted by Crippen LogP contribution is 2.42. The maximum Gasteiger partial charge on any atom is 0.322 e. The highest BCUT2D eigenvalue weighted by Gasteiger charge is 2.49. The summed E-state index contributed by atoms with van der Waals surface area (Å²) in [6, 6.07) is 16.2. The predicted molar refractivity (Wildman–Crippen MR) is 142 cm³/mol. The molecule has 5 rings (SSSR count). The summed E-state index contributed by atoms with van der Waals surface area (Å²) in [5.41, 5.74) is 2.95. The lowest BCUT2D eigenvalue weighted by Crippen LogP contribution is -2.68. The number of carbonyl (C=O) groups is 1. The van der Waals surface area contributed by atoms with Crippen molar-refractivity contribution in [3.63, 3.8) is 0 Å². The van der Waals surface area contributed by atoms with E-state index in [1.165, 1.54) is 31.2 Å². The van der Waals surface area contributed by atoms with Crippen LogP contribution < -0.4 is 10.1 Å². The second-order valence-electron chi connectivity index (χ2n) is 10.2. The van der Waals surface area contributed by atoms with Gasteiger partial charge in [-0.2, -0.15) is 0 Å². The summed E-state index contributed by atoms with van der Waals surface area (Å²) in [7, 11) is 1.61. The molecule has 2 N–H and O–H groups in total. The minimum absolute atomic E-state index is 0.0858. The first-order valence-electron chi connectivity index (χ1n) is 13.3. The van der Waals surface area contributed by atoms with E-state index in [1.807, 2.05) is 29.2 Å². The van der Waals surface area contributed by atoms with Crippen LogP contribution in [0.15, 0.2) is 48.5 Å². The molecule has 2 aromatic carbocycles. The molecule has 3 atom stereocenters. The first-order valence-corrected chi connectivity index (χ1v) is 13.3. The Morgan fingerprint density at radius 1 is 1.06 bits per heavy atom. The number of hydrogen-bond acceptors (Lipinski definition) is 4. The smallest absolute Gasteiger partial charge is 0.322 e. The molecule has 2 aromatic rings. The third-order valence-corrected chi connectivity index (χ3v) is 8.08. The molecule has 6 heteroatoms. The lowest BCUT2D eigenvalue weighted by atomic mass is 9.74. The van der Waals surface area contributed by atoms with Gasteiger partial charge in [0.25, 0.3) is 0 Å². The van der Waals surface area contributed by atoms with Gasteiger partial charge in [0.1, 0.15) is 5.75 Å². The summed E-state index contributed by atoms with van der Waals surface area (Å²) >= 11 is 0. The number of rotatable bonds is 4. The van der Waals surface area contributed by atoms with Crippen LogP contribution in [0.2, 0.25) is 0 Å². The van der Waals surface area contributed by atoms with Gasteiger partial charge in [0, 0.05) is 42.6 Å². The van der Waals surface area contributed by atoms with Gasteiger partial charge in [-0.25, -0.2) is 4.79 Å². The molecule has 0 radical (unpaired) electrons. The number of aliphatic hydroxyl groups excluding tert-OH is 1. The van der Waals surface area contributed by atoms with Crippen LogP contribution in [-0.4, -0.2) is 66.4 Å². The number of hydrogen-bond donors (Lipinski definition) is 2. The fourth-order valence-electron chi connectivity index (χ4n) is 6.11. The van der Waals surface area contributed by atoms with E-state index in [0.29, 0.717) is 23.9 Å². The molecule has 6 nitrogen and oxygen atoms in total. The Labute approximate surface area is 214 Å². The van der Waals surface area contributed by atoms with E-state index in [4.69, 9.17) is 4.74 Å².